The van der Waals surface area contributed by atoms with Crippen molar-refractivity contribution in [2.24, 2.45) is 5.92 Å². The number of urea groups is 1. The molecule has 15 heteroatoms. The van der Waals surface area contributed by atoms with Gasteiger partial charge in [0.2, 0.25) is 5.91 Å². The Morgan fingerprint density at radius 2 is 1.70 bits per heavy atom. The van der Waals surface area contributed by atoms with Gasteiger partial charge in [-0.3, -0.25) is 29.5 Å². The molecule has 2 aromatic carbocycles. The summed E-state index contributed by atoms with van der Waals surface area (Å²) in [6.45, 7) is 10.1. The summed E-state index contributed by atoms with van der Waals surface area (Å²) in [5.74, 6) is 1.63. The van der Waals surface area contributed by atoms with Crippen LogP contribution < -0.4 is 25.2 Å². The fraction of sp³-hybridized carbons (Fsp3) is 0.467. The summed E-state index contributed by atoms with van der Waals surface area (Å²) in [5, 5.41) is 16.0. The van der Waals surface area contributed by atoms with E-state index in [2.05, 4.69) is 49.9 Å². The predicted octanol–water partition coefficient (Wildman–Crippen LogP) is 6.38. The van der Waals surface area contributed by atoms with E-state index >= 15 is 0 Å². The van der Waals surface area contributed by atoms with Gasteiger partial charge in [0.25, 0.3) is 11.8 Å². The third kappa shape index (κ3) is 9.07. The number of anilines is 2. The van der Waals surface area contributed by atoms with Crippen molar-refractivity contribution in [3.63, 3.8) is 0 Å². The van der Waals surface area contributed by atoms with E-state index in [1.54, 1.807) is 29.3 Å². The molecule has 0 unspecified atom stereocenters. The number of piperazine rings is 1. The monoisotopic (exact) mass is 833 g/mol. The van der Waals surface area contributed by atoms with E-state index in [1.165, 1.54) is 0 Å². The minimum atomic E-state index is -0.463. The fourth-order valence-corrected chi connectivity index (χ4v) is 9.23. The molecule has 2 N–H and O–H groups in total. The van der Waals surface area contributed by atoms with E-state index in [0.717, 1.165) is 88.0 Å². The number of pyridine rings is 1. The lowest BCUT2D eigenvalue weighted by molar-refractivity contribution is -0.120. The molecule has 60 heavy (non-hydrogen) atoms. The third-order valence-corrected chi connectivity index (χ3v) is 12.8. The van der Waals surface area contributed by atoms with Gasteiger partial charge >= 0.3 is 6.03 Å². The van der Waals surface area contributed by atoms with Crippen LogP contribution in [0.1, 0.15) is 91.1 Å². The van der Waals surface area contributed by atoms with Gasteiger partial charge in [0, 0.05) is 100 Å². The first-order chi connectivity index (χ1) is 29.0. The second kappa shape index (κ2) is 17.9. The van der Waals surface area contributed by atoms with E-state index in [9.17, 15) is 19.2 Å². The SMILES string of the molecule is CC(C)n1ccc2c(N3CCC(=O)NC3=O)cc(C(=O)N3CCN(CC4CCN(c5ccc(C(=O)NC6CCC(Oc7ccc(C#N)c(Cl)c7)CC6)cn5)CC4)CC3)cc21. The average Bonchev–Trinajstić information content (AvgIpc) is 3.69. The van der Waals surface area contributed by atoms with Crippen molar-refractivity contribution in [1.82, 2.24) is 30.0 Å². The number of imide groups is 1. The summed E-state index contributed by atoms with van der Waals surface area (Å²) < 4.78 is 8.21. The zero-order valence-corrected chi connectivity index (χ0v) is 35.0. The lowest BCUT2D eigenvalue weighted by Gasteiger charge is -2.39. The number of fused-ring (bicyclic) bond motifs is 1. The first kappa shape index (κ1) is 41.1. The van der Waals surface area contributed by atoms with Crippen molar-refractivity contribution in [3.8, 4) is 11.8 Å². The molecule has 0 bridgehead atoms. The highest BCUT2D eigenvalue weighted by Gasteiger charge is 2.31. The molecule has 1 aliphatic carbocycles. The van der Waals surface area contributed by atoms with Crippen LogP contribution in [-0.2, 0) is 4.79 Å². The second-order valence-electron chi connectivity index (χ2n) is 16.7. The minimum absolute atomic E-state index is 0.0350. The number of amides is 5. The number of ether oxygens (including phenoxy) is 1. The number of nitrogens with zero attached hydrogens (tertiary/aromatic N) is 7. The Morgan fingerprint density at radius 3 is 2.37 bits per heavy atom. The van der Waals surface area contributed by atoms with Crippen molar-refractivity contribution < 1.29 is 23.9 Å². The summed E-state index contributed by atoms with van der Waals surface area (Å²) in [4.78, 5) is 64.8. The molecule has 3 aliphatic heterocycles. The van der Waals surface area contributed by atoms with Gasteiger partial charge in [-0.2, -0.15) is 5.26 Å². The quantitative estimate of drug-likeness (QED) is 0.185. The molecule has 0 atom stereocenters. The smallest absolute Gasteiger partial charge is 0.328 e. The van der Waals surface area contributed by atoms with Crippen LogP contribution in [0.2, 0.25) is 5.02 Å². The summed E-state index contributed by atoms with van der Waals surface area (Å²) >= 11 is 6.16. The van der Waals surface area contributed by atoms with Crippen molar-refractivity contribution >= 4 is 57.8 Å². The zero-order valence-electron chi connectivity index (χ0n) is 34.2. The molecular formula is C45H52ClN9O5. The Kier molecular flexibility index (Phi) is 12.3. The molecule has 3 saturated heterocycles. The molecule has 4 aliphatic rings. The Balaban J connectivity index is 0.782. The Hall–Kier alpha value is -5.65. The summed E-state index contributed by atoms with van der Waals surface area (Å²) in [5.41, 5.74) is 3.06. The van der Waals surface area contributed by atoms with Gasteiger partial charge in [0.1, 0.15) is 17.6 Å². The number of rotatable bonds is 10. The van der Waals surface area contributed by atoms with Crippen LogP contribution in [-0.4, -0.2) is 108 Å². The largest absolute Gasteiger partial charge is 0.490 e. The van der Waals surface area contributed by atoms with E-state index < -0.39 is 6.03 Å². The molecular weight excluding hydrogens is 782 g/mol. The number of hydrogen-bond acceptors (Lipinski definition) is 9. The van der Waals surface area contributed by atoms with Gasteiger partial charge in [0.05, 0.1) is 33.5 Å². The van der Waals surface area contributed by atoms with Crippen LogP contribution in [0.3, 0.4) is 0 Å². The van der Waals surface area contributed by atoms with Crippen molar-refractivity contribution in [2.45, 2.75) is 77.0 Å². The molecule has 2 aromatic heterocycles. The molecule has 1 saturated carbocycles. The number of piperidine rings is 1. The number of nitriles is 1. The van der Waals surface area contributed by atoms with E-state index in [0.29, 0.717) is 52.2 Å². The summed E-state index contributed by atoms with van der Waals surface area (Å²) in [6.07, 6.45) is 9.24. The predicted molar refractivity (Wildman–Crippen MR) is 230 cm³/mol. The third-order valence-electron chi connectivity index (χ3n) is 12.5. The van der Waals surface area contributed by atoms with Gasteiger partial charge in [-0.25, -0.2) is 9.78 Å². The maximum Gasteiger partial charge on any atom is 0.328 e. The van der Waals surface area contributed by atoms with Crippen LogP contribution in [0.4, 0.5) is 16.3 Å². The van der Waals surface area contributed by atoms with Crippen LogP contribution in [0.5, 0.6) is 5.75 Å². The fourth-order valence-electron chi connectivity index (χ4n) is 9.01. The number of carbonyl (C=O) groups is 4. The standard InChI is InChI=1S/C45H52ClN9O5/c1-29(2)54-17-13-37-39(54)23-33(24-40(37)55-18-14-42(56)50-45(55)59)44(58)53-21-19-51(20-22-53)28-30-11-15-52(16-12-30)41-10-4-32(27-48-41)43(57)49-34-5-8-35(9-6-34)60-36-7-3-31(26-47)38(46)25-36/h3-4,7,10,13,17,23-25,27,29-30,34-35H,5-6,8-9,11-12,14-16,18-22,28H2,1-2H3,(H,49,57)(H,50,56,59). The lowest BCUT2D eigenvalue weighted by Crippen LogP contribution is -2.51. The van der Waals surface area contributed by atoms with Crippen LogP contribution in [0.25, 0.3) is 10.9 Å². The van der Waals surface area contributed by atoms with E-state index in [1.807, 2.05) is 41.4 Å². The van der Waals surface area contributed by atoms with Crippen molar-refractivity contribution in [1.29, 1.82) is 5.26 Å². The molecule has 5 heterocycles. The lowest BCUT2D eigenvalue weighted by atomic mass is 9.92. The van der Waals surface area contributed by atoms with E-state index in [-0.39, 0.29) is 48.9 Å². The summed E-state index contributed by atoms with van der Waals surface area (Å²) in [7, 11) is 0. The van der Waals surface area contributed by atoms with Crippen LogP contribution in [0, 0.1) is 17.2 Å². The maximum absolute atomic E-state index is 14.0. The van der Waals surface area contributed by atoms with Gasteiger partial charge in [0.15, 0.2) is 0 Å². The first-order valence-corrected chi connectivity index (χ1v) is 21.6. The van der Waals surface area contributed by atoms with Gasteiger partial charge in [-0.05, 0) is 101 Å². The topological polar surface area (TPSA) is 156 Å². The number of hydrogen-bond donors (Lipinski definition) is 2. The molecule has 8 rings (SSSR count). The number of carbonyl (C=O) groups excluding carboxylic acids is 4. The average molecular weight is 834 g/mol. The number of benzene rings is 2. The van der Waals surface area contributed by atoms with Crippen molar-refractivity contribution in [2.75, 3.05) is 62.2 Å². The minimum Gasteiger partial charge on any atom is -0.490 e. The molecule has 314 valence electrons. The molecule has 0 spiro atoms. The first-order valence-electron chi connectivity index (χ1n) is 21.2. The molecule has 5 amide bonds. The zero-order chi connectivity index (χ0) is 41.9. The van der Waals surface area contributed by atoms with Crippen LogP contribution >= 0.6 is 11.6 Å². The normalized spacial score (nSPS) is 20.6. The number of nitrogens with one attached hydrogen (secondary N) is 2. The van der Waals surface area contributed by atoms with Gasteiger partial charge < -0.3 is 24.4 Å². The number of halogens is 1. The molecule has 4 aromatic rings. The maximum atomic E-state index is 14.0. The highest BCUT2D eigenvalue weighted by molar-refractivity contribution is 6.31. The molecule has 4 fully saturated rings. The van der Waals surface area contributed by atoms with E-state index in [4.69, 9.17) is 21.6 Å². The van der Waals surface area contributed by atoms with Gasteiger partial charge in [-0.1, -0.05) is 11.6 Å². The molecule has 14 nitrogen and oxygen atoms in total. The second-order valence-corrected chi connectivity index (χ2v) is 17.2. The number of aromatic nitrogens is 2. The highest BCUT2D eigenvalue weighted by atomic mass is 35.5. The van der Waals surface area contributed by atoms with Crippen LogP contribution in [0.15, 0.2) is 60.9 Å². The highest BCUT2D eigenvalue weighted by Crippen LogP contribution is 2.34. The Labute approximate surface area is 355 Å². The summed E-state index contributed by atoms with van der Waals surface area (Å²) in [6, 6.07) is 16.5. The Morgan fingerprint density at radius 1 is 0.933 bits per heavy atom. The van der Waals surface area contributed by atoms with Gasteiger partial charge in [-0.15, -0.1) is 0 Å². The Bertz CT molecular complexity index is 2280. The molecule has 0 radical (unpaired) electrons. The van der Waals surface area contributed by atoms with Crippen molar-refractivity contribution in [3.05, 3.63) is 82.6 Å².